The molecular formula is C15H28ClN3O2. The van der Waals surface area contributed by atoms with Gasteiger partial charge >= 0.3 is 0 Å². The molecule has 5 nitrogen and oxygen atoms in total. The van der Waals surface area contributed by atoms with E-state index in [2.05, 4.69) is 10.2 Å². The number of hydrogen-bond donors (Lipinski definition) is 1. The first kappa shape index (κ1) is 17.0. The zero-order valence-electron chi connectivity index (χ0n) is 12.8. The minimum absolute atomic E-state index is 0. The summed E-state index contributed by atoms with van der Waals surface area (Å²) in [7, 11) is 0. The van der Waals surface area contributed by atoms with Gasteiger partial charge in [-0.25, -0.2) is 0 Å². The van der Waals surface area contributed by atoms with E-state index in [1.165, 1.54) is 25.8 Å². The number of hydrogen-bond acceptors (Lipinski definition) is 4. The molecule has 0 aromatic heterocycles. The lowest BCUT2D eigenvalue weighted by Gasteiger charge is -2.33. The molecule has 3 aliphatic heterocycles. The molecule has 0 saturated carbocycles. The van der Waals surface area contributed by atoms with Crippen LogP contribution in [-0.2, 0) is 9.53 Å². The maximum atomic E-state index is 12.2. The number of nitrogens with one attached hydrogen (secondary N) is 1. The third kappa shape index (κ3) is 4.31. The summed E-state index contributed by atoms with van der Waals surface area (Å²) in [5.41, 5.74) is 0.496. The molecule has 0 aromatic carbocycles. The second-order valence-electron chi connectivity index (χ2n) is 6.52. The third-order valence-electron chi connectivity index (χ3n) is 5.18. The molecule has 3 aliphatic rings. The highest BCUT2D eigenvalue weighted by Crippen LogP contribution is 2.39. The zero-order chi connectivity index (χ0) is 13.8. The van der Waals surface area contributed by atoms with Gasteiger partial charge in [0, 0.05) is 58.9 Å². The van der Waals surface area contributed by atoms with Crippen LogP contribution in [0.4, 0.5) is 0 Å². The lowest BCUT2D eigenvalue weighted by Crippen LogP contribution is -2.47. The first-order valence-electron chi connectivity index (χ1n) is 8.06. The van der Waals surface area contributed by atoms with Crippen molar-refractivity contribution in [3.8, 4) is 0 Å². The molecule has 0 aliphatic carbocycles. The summed E-state index contributed by atoms with van der Waals surface area (Å²) in [6, 6.07) is 0. The van der Waals surface area contributed by atoms with Crippen LogP contribution in [-0.4, -0.2) is 74.7 Å². The number of nitrogens with zero attached hydrogens (tertiary/aromatic N) is 2. The van der Waals surface area contributed by atoms with Gasteiger partial charge in [0.1, 0.15) is 0 Å². The van der Waals surface area contributed by atoms with E-state index < -0.39 is 0 Å². The van der Waals surface area contributed by atoms with Gasteiger partial charge in [0.15, 0.2) is 0 Å². The van der Waals surface area contributed by atoms with Gasteiger partial charge in [-0.3, -0.25) is 4.79 Å². The number of piperazine rings is 1. The van der Waals surface area contributed by atoms with Crippen molar-refractivity contribution < 1.29 is 9.53 Å². The maximum absolute atomic E-state index is 12.2. The maximum Gasteiger partial charge on any atom is 0.223 e. The minimum Gasteiger partial charge on any atom is -0.381 e. The van der Waals surface area contributed by atoms with Crippen molar-refractivity contribution in [3.63, 3.8) is 0 Å². The topological polar surface area (TPSA) is 44.8 Å². The van der Waals surface area contributed by atoms with Crippen LogP contribution in [0.15, 0.2) is 0 Å². The molecule has 0 unspecified atom stereocenters. The highest BCUT2D eigenvalue weighted by Gasteiger charge is 2.39. The molecule has 0 bridgehead atoms. The van der Waals surface area contributed by atoms with Crippen molar-refractivity contribution in [2.45, 2.75) is 25.7 Å². The van der Waals surface area contributed by atoms with E-state index in [4.69, 9.17) is 4.74 Å². The smallest absolute Gasteiger partial charge is 0.223 e. The molecule has 0 aromatic rings. The van der Waals surface area contributed by atoms with E-state index >= 15 is 0 Å². The van der Waals surface area contributed by atoms with Gasteiger partial charge in [0.05, 0.1) is 0 Å². The number of ether oxygens (including phenoxy) is 1. The standard InChI is InChI=1S/C15H27N3O2.ClH/c19-14(18-9-5-16-6-10-18)1-7-17-8-2-15(13-17)3-11-20-12-4-15;/h16H,1-13H2;1H. The Bertz CT molecular complexity index is 342. The Morgan fingerprint density at radius 1 is 1.10 bits per heavy atom. The highest BCUT2D eigenvalue weighted by molar-refractivity contribution is 5.85. The van der Waals surface area contributed by atoms with Gasteiger partial charge in [0.2, 0.25) is 5.91 Å². The van der Waals surface area contributed by atoms with Crippen molar-refractivity contribution in [2.24, 2.45) is 5.41 Å². The van der Waals surface area contributed by atoms with Gasteiger partial charge < -0.3 is 19.9 Å². The molecule has 3 fully saturated rings. The SMILES string of the molecule is Cl.O=C(CCN1CCC2(CCOCC2)C1)N1CCNCC1. The lowest BCUT2D eigenvalue weighted by molar-refractivity contribution is -0.132. The Hall–Kier alpha value is -0.360. The van der Waals surface area contributed by atoms with Gasteiger partial charge in [-0.15, -0.1) is 12.4 Å². The van der Waals surface area contributed by atoms with Gasteiger partial charge in [-0.2, -0.15) is 0 Å². The summed E-state index contributed by atoms with van der Waals surface area (Å²) in [4.78, 5) is 16.7. The van der Waals surface area contributed by atoms with Crippen LogP contribution < -0.4 is 5.32 Å². The molecular weight excluding hydrogens is 290 g/mol. The number of halogens is 1. The fraction of sp³-hybridized carbons (Fsp3) is 0.933. The Kier molecular flexibility index (Phi) is 6.29. The molecule has 3 rings (SSSR count). The second kappa shape index (κ2) is 7.77. The van der Waals surface area contributed by atoms with E-state index in [0.29, 0.717) is 17.7 Å². The Morgan fingerprint density at radius 2 is 1.81 bits per heavy atom. The quantitative estimate of drug-likeness (QED) is 0.833. The van der Waals surface area contributed by atoms with Crippen LogP contribution in [0, 0.1) is 5.41 Å². The molecule has 3 heterocycles. The summed E-state index contributed by atoms with van der Waals surface area (Å²) in [5, 5.41) is 3.29. The summed E-state index contributed by atoms with van der Waals surface area (Å²) in [6.07, 6.45) is 4.38. The average Bonchev–Trinajstić information content (AvgIpc) is 2.89. The molecule has 0 radical (unpaired) electrons. The molecule has 21 heavy (non-hydrogen) atoms. The van der Waals surface area contributed by atoms with Crippen LogP contribution in [0.1, 0.15) is 25.7 Å². The number of carbonyl (C=O) groups excluding carboxylic acids is 1. The van der Waals surface area contributed by atoms with E-state index in [0.717, 1.165) is 52.5 Å². The normalized spacial score (nSPS) is 25.8. The average molecular weight is 318 g/mol. The molecule has 3 saturated heterocycles. The van der Waals surface area contributed by atoms with Crippen LogP contribution >= 0.6 is 12.4 Å². The monoisotopic (exact) mass is 317 g/mol. The van der Waals surface area contributed by atoms with Crippen molar-refractivity contribution >= 4 is 18.3 Å². The Balaban J connectivity index is 0.00000161. The largest absolute Gasteiger partial charge is 0.381 e. The number of likely N-dealkylation sites (tertiary alicyclic amines) is 1. The number of carbonyl (C=O) groups is 1. The minimum atomic E-state index is 0. The summed E-state index contributed by atoms with van der Waals surface area (Å²) in [6.45, 7) is 8.75. The van der Waals surface area contributed by atoms with Crippen molar-refractivity contribution in [1.82, 2.24) is 15.1 Å². The molecule has 122 valence electrons. The van der Waals surface area contributed by atoms with Crippen molar-refractivity contribution in [2.75, 3.05) is 59.0 Å². The molecule has 6 heteroatoms. The predicted molar refractivity (Wildman–Crippen MR) is 84.9 cm³/mol. The molecule has 1 amide bonds. The summed E-state index contributed by atoms with van der Waals surface area (Å²) >= 11 is 0. The van der Waals surface area contributed by atoms with E-state index in [9.17, 15) is 4.79 Å². The van der Waals surface area contributed by atoms with E-state index in [1.54, 1.807) is 0 Å². The fourth-order valence-electron chi connectivity index (χ4n) is 3.76. The van der Waals surface area contributed by atoms with Crippen LogP contribution in [0.2, 0.25) is 0 Å². The molecule has 0 atom stereocenters. The van der Waals surface area contributed by atoms with Crippen molar-refractivity contribution in [3.05, 3.63) is 0 Å². The fourth-order valence-corrected chi connectivity index (χ4v) is 3.76. The van der Waals surface area contributed by atoms with Crippen LogP contribution in [0.5, 0.6) is 0 Å². The highest BCUT2D eigenvalue weighted by atomic mass is 35.5. The third-order valence-corrected chi connectivity index (χ3v) is 5.18. The summed E-state index contributed by atoms with van der Waals surface area (Å²) < 4.78 is 5.48. The van der Waals surface area contributed by atoms with E-state index in [-0.39, 0.29) is 12.4 Å². The Labute approximate surface area is 133 Å². The first-order chi connectivity index (χ1) is 9.77. The summed E-state index contributed by atoms with van der Waals surface area (Å²) in [5.74, 6) is 0.333. The van der Waals surface area contributed by atoms with Crippen molar-refractivity contribution in [1.29, 1.82) is 0 Å². The Morgan fingerprint density at radius 3 is 2.52 bits per heavy atom. The molecule has 1 N–H and O–H groups in total. The van der Waals surface area contributed by atoms with Gasteiger partial charge in [-0.05, 0) is 31.2 Å². The lowest BCUT2D eigenvalue weighted by atomic mass is 9.80. The van der Waals surface area contributed by atoms with Crippen LogP contribution in [0.3, 0.4) is 0 Å². The molecule has 1 spiro atoms. The predicted octanol–water partition coefficient (Wildman–Crippen LogP) is 0.733. The zero-order valence-corrected chi connectivity index (χ0v) is 13.6. The first-order valence-corrected chi connectivity index (χ1v) is 8.06. The van der Waals surface area contributed by atoms with Crippen LogP contribution in [0.25, 0.3) is 0 Å². The number of amides is 1. The second-order valence-corrected chi connectivity index (χ2v) is 6.52. The van der Waals surface area contributed by atoms with Gasteiger partial charge in [-0.1, -0.05) is 0 Å². The van der Waals surface area contributed by atoms with Gasteiger partial charge in [0.25, 0.3) is 0 Å². The van der Waals surface area contributed by atoms with E-state index in [1.807, 2.05) is 4.90 Å². The number of rotatable bonds is 3.